The molecule has 21 heavy (non-hydrogen) atoms. The van der Waals surface area contributed by atoms with Crippen LogP contribution in [0.3, 0.4) is 0 Å². The lowest BCUT2D eigenvalue weighted by Gasteiger charge is -2.34. The molecule has 2 aromatic rings. The summed E-state index contributed by atoms with van der Waals surface area (Å²) in [5.74, 6) is 1.46. The number of halogens is 1. The summed E-state index contributed by atoms with van der Waals surface area (Å²) in [6, 6.07) is 17.4. The van der Waals surface area contributed by atoms with Crippen molar-refractivity contribution < 1.29 is 4.74 Å². The number of nitrogens with one attached hydrogen (secondary N) is 1. The molecule has 3 atom stereocenters. The van der Waals surface area contributed by atoms with Crippen molar-refractivity contribution in [2.24, 2.45) is 5.92 Å². The van der Waals surface area contributed by atoms with Gasteiger partial charge in [0.2, 0.25) is 0 Å². The van der Waals surface area contributed by atoms with Crippen LogP contribution in [0.1, 0.15) is 37.1 Å². The van der Waals surface area contributed by atoms with Gasteiger partial charge in [-0.2, -0.15) is 0 Å². The van der Waals surface area contributed by atoms with E-state index in [0.29, 0.717) is 18.0 Å². The molecule has 0 spiro atoms. The van der Waals surface area contributed by atoms with Crippen LogP contribution in [-0.2, 0) is 0 Å². The van der Waals surface area contributed by atoms with E-state index >= 15 is 0 Å². The Hall–Kier alpha value is -1.32. The molecule has 110 valence electrons. The van der Waals surface area contributed by atoms with Gasteiger partial charge in [-0.05, 0) is 30.7 Å². The van der Waals surface area contributed by atoms with Crippen molar-refractivity contribution >= 4 is 15.9 Å². The van der Waals surface area contributed by atoms with E-state index in [1.54, 1.807) is 0 Å². The molecule has 0 aliphatic carbocycles. The number of fused-ring (bicyclic) bond motifs is 1. The molecule has 1 heterocycles. The van der Waals surface area contributed by atoms with Gasteiger partial charge in [0.25, 0.3) is 0 Å². The Kier molecular flexibility index (Phi) is 4.32. The summed E-state index contributed by atoms with van der Waals surface area (Å²) in [7, 11) is 0. The summed E-state index contributed by atoms with van der Waals surface area (Å²) in [4.78, 5) is 0. The molecule has 0 amide bonds. The van der Waals surface area contributed by atoms with Gasteiger partial charge < -0.3 is 10.1 Å². The molecule has 0 radical (unpaired) electrons. The Labute approximate surface area is 134 Å². The predicted octanol–water partition coefficient (Wildman–Crippen LogP) is 4.87. The number of hydrogen-bond acceptors (Lipinski definition) is 2. The van der Waals surface area contributed by atoms with Gasteiger partial charge in [0, 0.05) is 28.0 Å². The van der Waals surface area contributed by atoms with Crippen molar-refractivity contribution in [1.82, 2.24) is 5.32 Å². The van der Waals surface area contributed by atoms with E-state index in [2.05, 4.69) is 77.6 Å². The SMILES string of the molecule is CC(NC1c2ccccc2OCC1C)c1cccc(Br)c1. The molecule has 1 aliphatic heterocycles. The zero-order chi connectivity index (χ0) is 14.8. The molecular weight excluding hydrogens is 326 g/mol. The van der Waals surface area contributed by atoms with Crippen LogP contribution >= 0.6 is 15.9 Å². The molecule has 3 rings (SSSR count). The number of para-hydroxylation sites is 1. The first kappa shape index (κ1) is 14.6. The van der Waals surface area contributed by atoms with Gasteiger partial charge in [-0.3, -0.25) is 0 Å². The molecule has 0 aromatic heterocycles. The fraction of sp³-hybridized carbons (Fsp3) is 0.333. The van der Waals surface area contributed by atoms with Crippen LogP contribution < -0.4 is 10.1 Å². The van der Waals surface area contributed by atoms with Crippen molar-refractivity contribution in [3.8, 4) is 5.75 Å². The normalized spacial score (nSPS) is 22.2. The predicted molar refractivity (Wildman–Crippen MR) is 89.5 cm³/mol. The van der Waals surface area contributed by atoms with E-state index in [9.17, 15) is 0 Å². The summed E-state index contributed by atoms with van der Waals surface area (Å²) >= 11 is 3.55. The minimum absolute atomic E-state index is 0.293. The fourth-order valence-corrected chi connectivity index (χ4v) is 3.31. The Morgan fingerprint density at radius 1 is 1.19 bits per heavy atom. The highest BCUT2D eigenvalue weighted by Gasteiger charge is 2.28. The lowest BCUT2D eigenvalue weighted by Crippen LogP contribution is -2.35. The van der Waals surface area contributed by atoms with Gasteiger partial charge in [0.1, 0.15) is 5.75 Å². The molecular formula is C18H20BrNO. The second-order valence-electron chi connectivity index (χ2n) is 5.75. The summed E-state index contributed by atoms with van der Waals surface area (Å²) in [6.07, 6.45) is 0. The van der Waals surface area contributed by atoms with Crippen LogP contribution in [0.15, 0.2) is 53.0 Å². The lowest BCUT2D eigenvalue weighted by molar-refractivity contribution is 0.182. The van der Waals surface area contributed by atoms with Crippen molar-refractivity contribution in [2.75, 3.05) is 6.61 Å². The maximum atomic E-state index is 5.82. The standard InChI is InChI=1S/C18H20BrNO/c1-12-11-21-17-9-4-3-8-16(17)18(12)20-13(2)14-6-5-7-15(19)10-14/h3-10,12-13,18,20H,11H2,1-2H3. The van der Waals surface area contributed by atoms with Gasteiger partial charge >= 0.3 is 0 Å². The second kappa shape index (κ2) is 6.20. The van der Waals surface area contributed by atoms with Crippen molar-refractivity contribution in [2.45, 2.75) is 25.9 Å². The van der Waals surface area contributed by atoms with Gasteiger partial charge in [0.15, 0.2) is 0 Å². The smallest absolute Gasteiger partial charge is 0.124 e. The molecule has 0 fully saturated rings. The Morgan fingerprint density at radius 2 is 2.00 bits per heavy atom. The highest BCUT2D eigenvalue weighted by molar-refractivity contribution is 9.10. The zero-order valence-electron chi connectivity index (χ0n) is 12.3. The summed E-state index contributed by atoms with van der Waals surface area (Å²) in [6.45, 7) is 5.22. The molecule has 1 aliphatic rings. The fourth-order valence-electron chi connectivity index (χ4n) is 2.89. The van der Waals surface area contributed by atoms with Crippen LogP contribution in [0.5, 0.6) is 5.75 Å². The lowest BCUT2D eigenvalue weighted by atomic mass is 9.91. The highest BCUT2D eigenvalue weighted by atomic mass is 79.9. The minimum Gasteiger partial charge on any atom is -0.493 e. The van der Waals surface area contributed by atoms with Crippen LogP contribution in [0.25, 0.3) is 0 Å². The largest absolute Gasteiger partial charge is 0.493 e. The van der Waals surface area contributed by atoms with Crippen molar-refractivity contribution in [3.05, 3.63) is 64.1 Å². The topological polar surface area (TPSA) is 21.3 Å². The molecule has 0 saturated heterocycles. The zero-order valence-corrected chi connectivity index (χ0v) is 13.9. The third-order valence-electron chi connectivity index (χ3n) is 4.10. The summed E-state index contributed by atoms with van der Waals surface area (Å²) in [5, 5.41) is 3.77. The first-order chi connectivity index (χ1) is 10.1. The Morgan fingerprint density at radius 3 is 2.81 bits per heavy atom. The quantitative estimate of drug-likeness (QED) is 0.856. The minimum atomic E-state index is 0.293. The van der Waals surface area contributed by atoms with E-state index < -0.39 is 0 Å². The Bertz CT molecular complexity index is 628. The van der Waals surface area contributed by atoms with E-state index in [4.69, 9.17) is 4.74 Å². The number of ether oxygens (including phenoxy) is 1. The maximum absolute atomic E-state index is 5.82. The summed E-state index contributed by atoms with van der Waals surface area (Å²) < 4.78 is 6.94. The number of hydrogen-bond donors (Lipinski definition) is 1. The van der Waals surface area contributed by atoms with E-state index in [1.807, 2.05) is 6.07 Å². The first-order valence-corrected chi connectivity index (χ1v) is 8.17. The molecule has 0 bridgehead atoms. The highest BCUT2D eigenvalue weighted by Crippen LogP contribution is 2.36. The van der Waals surface area contributed by atoms with Crippen LogP contribution in [0.2, 0.25) is 0 Å². The van der Waals surface area contributed by atoms with Crippen LogP contribution in [-0.4, -0.2) is 6.61 Å². The molecule has 3 heteroatoms. The number of benzene rings is 2. The van der Waals surface area contributed by atoms with E-state index in [0.717, 1.165) is 16.8 Å². The van der Waals surface area contributed by atoms with Gasteiger partial charge in [0.05, 0.1) is 6.61 Å². The van der Waals surface area contributed by atoms with Gasteiger partial charge in [-0.1, -0.05) is 53.2 Å². The Balaban J connectivity index is 1.84. The average molecular weight is 346 g/mol. The number of rotatable bonds is 3. The molecule has 3 unspecified atom stereocenters. The van der Waals surface area contributed by atoms with E-state index in [1.165, 1.54) is 11.1 Å². The molecule has 2 nitrogen and oxygen atoms in total. The van der Waals surface area contributed by atoms with Gasteiger partial charge in [-0.15, -0.1) is 0 Å². The van der Waals surface area contributed by atoms with Crippen molar-refractivity contribution in [1.29, 1.82) is 0 Å². The molecule has 0 saturated carbocycles. The third kappa shape index (κ3) is 3.14. The van der Waals surface area contributed by atoms with Crippen LogP contribution in [0.4, 0.5) is 0 Å². The first-order valence-electron chi connectivity index (χ1n) is 7.38. The van der Waals surface area contributed by atoms with Gasteiger partial charge in [-0.25, -0.2) is 0 Å². The van der Waals surface area contributed by atoms with E-state index in [-0.39, 0.29) is 0 Å². The molecule has 1 N–H and O–H groups in total. The average Bonchev–Trinajstić information content (AvgIpc) is 2.50. The summed E-state index contributed by atoms with van der Waals surface area (Å²) in [5.41, 5.74) is 2.55. The second-order valence-corrected chi connectivity index (χ2v) is 6.66. The monoisotopic (exact) mass is 345 g/mol. The third-order valence-corrected chi connectivity index (χ3v) is 4.60. The maximum Gasteiger partial charge on any atom is 0.124 e. The van der Waals surface area contributed by atoms with Crippen molar-refractivity contribution in [3.63, 3.8) is 0 Å². The van der Waals surface area contributed by atoms with Crippen LogP contribution in [0, 0.1) is 5.92 Å². The molecule has 2 aromatic carbocycles.